The topological polar surface area (TPSA) is 68.0 Å². The Balaban J connectivity index is 1.90. The number of anilines is 1. The zero-order valence-corrected chi connectivity index (χ0v) is 11.3. The number of ether oxygens (including phenoxy) is 2. The minimum absolute atomic E-state index is 0.210. The second-order valence-corrected chi connectivity index (χ2v) is 4.82. The first-order valence-corrected chi connectivity index (χ1v) is 6.65. The second kappa shape index (κ2) is 6.63. The number of nitrogen functional groups attached to an aromatic ring is 1. The molecule has 0 aliphatic carbocycles. The maximum atomic E-state index is 8.91. The summed E-state index contributed by atoms with van der Waals surface area (Å²) < 4.78 is 11.1. The van der Waals surface area contributed by atoms with E-state index in [9.17, 15) is 0 Å². The molecule has 5 nitrogen and oxygen atoms in total. The number of nitrogens with two attached hydrogens (primary N) is 1. The number of hydrogen-bond donors (Lipinski definition) is 2. The number of nitrogens with zero attached hydrogens (tertiary/aromatic N) is 1. The van der Waals surface area contributed by atoms with E-state index in [1.165, 1.54) is 0 Å². The largest absolute Gasteiger partial charge is 0.497 e. The molecule has 106 valence electrons. The van der Waals surface area contributed by atoms with Gasteiger partial charge in [0.05, 0.1) is 13.7 Å². The van der Waals surface area contributed by atoms with Crippen molar-refractivity contribution in [1.29, 1.82) is 0 Å². The van der Waals surface area contributed by atoms with Gasteiger partial charge in [-0.3, -0.25) is 0 Å². The van der Waals surface area contributed by atoms with Gasteiger partial charge < -0.3 is 25.2 Å². The maximum absolute atomic E-state index is 8.91. The van der Waals surface area contributed by atoms with Gasteiger partial charge in [0.25, 0.3) is 0 Å². The van der Waals surface area contributed by atoms with Crippen LogP contribution in [0, 0.1) is 0 Å². The molecule has 1 saturated heterocycles. The molecular formula is C14H22N2O3. The third-order valence-electron chi connectivity index (χ3n) is 3.39. The van der Waals surface area contributed by atoms with Crippen molar-refractivity contribution in [3.05, 3.63) is 18.2 Å². The summed E-state index contributed by atoms with van der Waals surface area (Å²) in [7, 11) is 1.62. The van der Waals surface area contributed by atoms with Crippen LogP contribution >= 0.6 is 0 Å². The average molecular weight is 266 g/mol. The van der Waals surface area contributed by atoms with E-state index in [1.54, 1.807) is 13.2 Å². The zero-order chi connectivity index (χ0) is 13.7. The number of likely N-dealkylation sites (tertiary alicyclic amines) is 1. The van der Waals surface area contributed by atoms with Crippen LogP contribution in [0.2, 0.25) is 0 Å². The predicted octanol–water partition coefficient (Wildman–Crippen LogP) is 1.11. The molecule has 0 spiro atoms. The van der Waals surface area contributed by atoms with Gasteiger partial charge in [-0.2, -0.15) is 0 Å². The molecule has 0 amide bonds. The molecule has 1 aromatic rings. The van der Waals surface area contributed by atoms with Gasteiger partial charge in [0.15, 0.2) is 0 Å². The number of rotatable bonds is 5. The van der Waals surface area contributed by atoms with Gasteiger partial charge in [-0.15, -0.1) is 0 Å². The van der Waals surface area contributed by atoms with Crippen LogP contribution in [0.15, 0.2) is 18.2 Å². The number of piperidine rings is 1. The Kier molecular flexibility index (Phi) is 4.87. The lowest BCUT2D eigenvalue weighted by molar-refractivity contribution is 0.0888. The average Bonchev–Trinajstić information content (AvgIpc) is 2.40. The lowest BCUT2D eigenvalue weighted by Crippen LogP contribution is -2.39. The third-order valence-corrected chi connectivity index (χ3v) is 3.39. The summed E-state index contributed by atoms with van der Waals surface area (Å²) in [6, 6.07) is 5.45. The van der Waals surface area contributed by atoms with Crippen molar-refractivity contribution in [1.82, 2.24) is 4.90 Å². The van der Waals surface area contributed by atoms with Crippen molar-refractivity contribution in [3.63, 3.8) is 0 Å². The zero-order valence-electron chi connectivity index (χ0n) is 11.3. The summed E-state index contributed by atoms with van der Waals surface area (Å²) in [6.07, 6.45) is 2.15. The van der Waals surface area contributed by atoms with Gasteiger partial charge in [-0.05, 0) is 12.8 Å². The SMILES string of the molecule is COc1cc(N)cc(OC2CCN(CCO)CC2)c1. The third kappa shape index (κ3) is 4.01. The number of methoxy groups -OCH3 is 1. The molecular weight excluding hydrogens is 244 g/mol. The van der Waals surface area contributed by atoms with E-state index in [2.05, 4.69) is 4.90 Å². The summed E-state index contributed by atoms with van der Waals surface area (Å²) >= 11 is 0. The van der Waals surface area contributed by atoms with Gasteiger partial charge >= 0.3 is 0 Å². The van der Waals surface area contributed by atoms with Crippen molar-refractivity contribution in [2.45, 2.75) is 18.9 Å². The molecule has 2 rings (SSSR count). The fourth-order valence-corrected chi connectivity index (χ4v) is 2.36. The molecule has 1 fully saturated rings. The Morgan fingerprint density at radius 1 is 1.26 bits per heavy atom. The smallest absolute Gasteiger partial charge is 0.125 e. The van der Waals surface area contributed by atoms with E-state index < -0.39 is 0 Å². The van der Waals surface area contributed by atoms with Gasteiger partial charge in [0, 0.05) is 43.5 Å². The highest BCUT2D eigenvalue weighted by Crippen LogP contribution is 2.26. The van der Waals surface area contributed by atoms with E-state index in [0.29, 0.717) is 11.4 Å². The Morgan fingerprint density at radius 2 is 1.95 bits per heavy atom. The maximum Gasteiger partial charge on any atom is 0.125 e. The van der Waals surface area contributed by atoms with E-state index in [4.69, 9.17) is 20.3 Å². The number of β-amino-alcohol motifs (C(OH)–C–C–N with tert-alkyl or cyclic N) is 1. The molecule has 5 heteroatoms. The Labute approximate surface area is 113 Å². The highest BCUT2D eigenvalue weighted by molar-refractivity contribution is 5.50. The molecule has 3 N–H and O–H groups in total. The van der Waals surface area contributed by atoms with E-state index >= 15 is 0 Å². The van der Waals surface area contributed by atoms with Gasteiger partial charge in [-0.25, -0.2) is 0 Å². The molecule has 19 heavy (non-hydrogen) atoms. The fraction of sp³-hybridized carbons (Fsp3) is 0.571. The molecule has 1 aliphatic rings. The minimum atomic E-state index is 0.210. The first kappa shape index (κ1) is 14.0. The lowest BCUT2D eigenvalue weighted by atomic mass is 10.1. The van der Waals surface area contributed by atoms with E-state index in [1.807, 2.05) is 12.1 Å². The van der Waals surface area contributed by atoms with Crippen molar-refractivity contribution in [3.8, 4) is 11.5 Å². The van der Waals surface area contributed by atoms with E-state index in [0.717, 1.165) is 38.2 Å². The molecule has 0 radical (unpaired) electrons. The molecule has 0 aromatic heterocycles. The molecule has 1 aliphatic heterocycles. The van der Waals surface area contributed by atoms with Crippen LogP contribution in [-0.4, -0.2) is 49.5 Å². The van der Waals surface area contributed by atoms with Crippen molar-refractivity contribution in [2.75, 3.05) is 39.1 Å². The summed E-state index contributed by atoms with van der Waals surface area (Å²) in [5.41, 5.74) is 6.45. The highest BCUT2D eigenvalue weighted by atomic mass is 16.5. The van der Waals surface area contributed by atoms with Crippen LogP contribution in [0.25, 0.3) is 0 Å². The Hall–Kier alpha value is -1.46. The van der Waals surface area contributed by atoms with Crippen molar-refractivity contribution in [2.24, 2.45) is 0 Å². The first-order chi connectivity index (χ1) is 9.21. The molecule has 1 aromatic carbocycles. The monoisotopic (exact) mass is 266 g/mol. The quantitative estimate of drug-likeness (QED) is 0.782. The Morgan fingerprint density at radius 3 is 2.58 bits per heavy atom. The van der Waals surface area contributed by atoms with Crippen LogP contribution in [-0.2, 0) is 0 Å². The summed E-state index contributed by atoms with van der Waals surface area (Å²) in [5, 5.41) is 8.91. The second-order valence-electron chi connectivity index (χ2n) is 4.82. The van der Waals surface area contributed by atoms with Gasteiger partial charge in [0.2, 0.25) is 0 Å². The summed E-state index contributed by atoms with van der Waals surface area (Å²) in [4.78, 5) is 2.25. The Bertz CT molecular complexity index is 404. The number of benzene rings is 1. The van der Waals surface area contributed by atoms with Crippen LogP contribution in [0.4, 0.5) is 5.69 Å². The van der Waals surface area contributed by atoms with Crippen LogP contribution < -0.4 is 15.2 Å². The fourth-order valence-electron chi connectivity index (χ4n) is 2.36. The molecule has 0 bridgehead atoms. The molecule has 0 atom stereocenters. The van der Waals surface area contributed by atoms with E-state index in [-0.39, 0.29) is 12.7 Å². The number of hydrogen-bond acceptors (Lipinski definition) is 5. The van der Waals surface area contributed by atoms with Crippen LogP contribution in [0.3, 0.4) is 0 Å². The predicted molar refractivity (Wildman–Crippen MR) is 74.6 cm³/mol. The minimum Gasteiger partial charge on any atom is -0.497 e. The normalized spacial score (nSPS) is 17.4. The van der Waals surface area contributed by atoms with Gasteiger partial charge in [-0.1, -0.05) is 0 Å². The highest BCUT2D eigenvalue weighted by Gasteiger charge is 2.20. The van der Waals surface area contributed by atoms with Crippen LogP contribution in [0.1, 0.15) is 12.8 Å². The van der Waals surface area contributed by atoms with Crippen molar-refractivity contribution >= 4 is 5.69 Å². The summed E-state index contributed by atoms with van der Waals surface area (Å²) in [5.74, 6) is 1.48. The summed E-state index contributed by atoms with van der Waals surface area (Å²) in [6.45, 7) is 2.89. The van der Waals surface area contributed by atoms with Crippen molar-refractivity contribution < 1.29 is 14.6 Å². The lowest BCUT2D eigenvalue weighted by Gasteiger charge is -2.31. The van der Waals surface area contributed by atoms with Gasteiger partial charge in [0.1, 0.15) is 17.6 Å². The molecule has 1 heterocycles. The number of aliphatic hydroxyl groups excluding tert-OH is 1. The standard InChI is InChI=1S/C14H22N2O3/c1-18-13-8-11(15)9-14(10-13)19-12-2-4-16(5-3-12)6-7-17/h8-10,12,17H,2-7,15H2,1H3. The first-order valence-electron chi connectivity index (χ1n) is 6.65. The molecule has 0 unspecified atom stereocenters. The number of aliphatic hydroxyl groups is 1. The van der Waals surface area contributed by atoms with Crippen LogP contribution in [0.5, 0.6) is 11.5 Å². The molecule has 0 saturated carbocycles.